The predicted molar refractivity (Wildman–Crippen MR) is 112 cm³/mol. The van der Waals surface area contributed by atoms with Crippen molar-refractivity contribution in [3.63, 3.8) is 0 Å². The molecule has 0 aromatic heterocycles. The first-order valence-corrected chi connectivity index (χ1v) is 10.5. The summed E-state index contributed by atoms with van der Waals surface area (Å²) >= 11 is 4.87. The summed E-state index contributed by atoms with van der Waals surface area (Å²) in [5, 5.41) is 0. The SMILES string of the molecule is CCCCCCN(CCCCCC)c1cc(I)cc(I)c1. The van der Waals surface area contributed by atoms with Crippen molar-refractivity contribution in [3.8, 4) is 0 Å². The van der Waals surface area contributed by atoms with Gasteiger partial charge in [0.1, 0.15) is 0 Å². The van der Waals surface area contributed by atoms with Crippen LogP contribution in [0.3, 0.4) is 0 Å². The van der Waals surface area contributed by atoms with Crippen molar-refractivity contribution >= 4 is 50.9 Å². The van der Waals surface area contributed by atoms with Crippen LogP contribution < -0.4 is 4.90 Å². The summed E-state index contributed by atoms with van der Waals surface area (Å²) in [5.41, 5.74) is 1.42. The molecular weight excluding hydrogens is 484 g/mol. The Labute approximate surface area is 158 Å². The molecule has 1 aromatic rings. The molecule has 0 heterocycles. The lowest BCUT2D eigenvalue weighted by atomic mass is 10.1. The third-order valence-electron chi connectivity index (χ3n) is 3.78. The molecule has 0 saturated carbocycles. The molecule has 0 aliphatic carbocycles. The fraction of sp³-hybridized carbons (Fsp3) is 0.667. The zero-order valence-corrected chi connectivity index (χ0v) is 17.8. The van der Waals surface area contributed by atoms with E-state index in [0.717, 1.165) is 0 Å². The smallest absolute Gasteiger partial charge is 0.0387 e. The molecule has 0 amide bonds. The molecular formula is C18H29I2N. The Morgan fingerprint density at radius 2 is 1.19 bits per heavy atom. The summed E-state index contributed by atoms with van der Waals surface area (Å²) in [5.74, 6) is 0. The van der Waals surface area contributed by atoms with Crippen molar-refractivity contribution in [1.29, 1.82) is 0 Å². The lowest BCUT2D eigenvalue weighted by molar-refractivity contribution is 0.609. The fourth-order valence-electron chi connectivity index (χ4n) is 2.55. The van der Waals surface area contributed by atoms with Crippen molar-refractivity contribution in [2.24, 2.45) is 0 Å². The largest absolute Gasteiger partial charge is 0.371 e. The minimum absolute atomic E-state index is 1.21. The minimum atomic E-state index is 1.21. The summed E-state index contributed by atoms with van der Waals surface area (Å²) in [6, 6.07) is 6.92. The maximum absolute atomic E-state index is 2.61. The van der Waals surface area contributed by atoms with Gasteiger partial charge in [-0.1, -0.05) is 52.4 Å². The fourth-order valence-corrected chi connectivity index (χ4v) is 4.46. The maximum Gasteiger partial charge on any atom is 0.0387 e. The number of rotatable bonds is 11. The van der Waals surface area contributed by atoms with Crippen LogP contribution in [-0.2, 0) is 0 Å². The Hall–Kier alpha value is 0.480. The van der Waals surface area contributed by atoms with Crippen molar-refractivity contribution < 1.29 is 0 Å². The van der Waals surface area contributed by atoms with E-state index in [1.165, 1.54) is 77.3 Å². The number of halogens is 2. The highest BCUT2D eigenvalue weighted by atomic mass is 127. The Bertz CT molecular complexity index is 361. The van der Waals surface area contributed by atoms with Crippen LogP contribution in [0, 0.1) is 7.14 Å². The normalized spacial score (nSPS) is 10.9. The van der Waals surface area contributed by atoms with Gasteiger partial charge < -0.3 is 4.90 Å². The van der Waals surface area contributed by atoms with Gasteiger partial charge in [-0.3, -0.25) is 0 Å². The third kappa shape index (κ3) is 8.62. The van der Waals surface area contributed by atoms with Gasteiger partial charge in [-0.15, -0.1) is 0 Å². The molecule has 1 rings (SSSR count). The number of unbranched alkanes of at least 4 members (excludes halogenated alkanes) is 6. The van der Waals surface area contributed by atoms with Crippen molar-refractivity contribution in [3.05, 3.63) is 25.3 Å². The van der Waals surface area contributed by atoms with Gasteiger partial charge in [0.15, 0.2) is 0 Å². The van der Waals surface area contributed by atoms with E-state index >= 15 is 0 Å². The lowest BCUT2D eigenvalue weighted by Gasteiger charge is -2.25. The molecule has 0 saturated heterocycles. The molecule has 0 radical (unpaired) electrons. The quantitative estimate of drug-likeness (QED) is 0.231. The molecule has 0 N–H and O–H groups in total. The van der Waals surface area contributed by atoms with Gasteiger partial charge >= 0.3 is 0 Å². The van der Waals surface area contributed by atoms with Crippen LogP contribution in [0.5, 0.6) is 0 Å². The average molecular weight is 513 g/mol. The molecule has 3 heteroatoms. The highest BCUT2D eigenvalue weighted by Crippen LogP contribution is 2.23. The van der Waals surface area contributed by atoms with Crippen LogP contribution in [0.4, 0.5) is 5.69 Å². The van der Waals surface area contributed by atoms with Gasteiger partial charge in [0.2, 0.25) is 0 Å². The van der Waals surface area contributed by atoms with Crippen LogP contribution in [0.1, 0.15) is 65.2 Å². The van der Waals surface area contributed by atoms with Gasteiger partial charge in [-0.2, -0.15) is 0 Å². The zero-order valence-electron chi connectivity index (χ0n) is 13.5. The molecule has 0 fully saturated rings. The molecule has 1 aromatic carbocycles. The minimum Gasteiger partial charge on any atom is -0.371 e. The van der Waals surface area contributed by atoms with Crippen molar-refractivity contribution in [1.82, 2.24) is 0 Å². The summed E-state index contributed by atoms with van der Waals surface area (Å²) in [7, 11) is 0. The number of hydrogen-bond acceptors (Lipinski definition) is 1. The summed E-state index contributed by atoms with van der Waals surface area (Å²) in [4.78, 5) is 2.61. The van der Waals surface area contributed by atoms with Crippen LogP contribution in [0.15, 0.2) is 18.2 Å². The van der Waals surface area contributed by atoms with Gasteiger partial charge in [0.05, 0.1) is 0 Å². The van der Waals surface area contributed by atoms with E-state index in [-0.39, 0.29) is 0 Å². The Morgan fingerprint density at radius 3 is 1.62 bits per heavy atom. The van der Waals surface area contributed by atoms with Crippen molar-refractivity contribution in [2.45, 2.75) is 65.2 Å². The third-order valence-corrected chi connectivity index (χ3v) is 5.02. The highest BCUT2D eigenvalue weighted by molar-refractivity contribution is 14.1. The predicted octanol–water partition coefficient (Wildman–Crippen LogP) is 6.86. The van der Waals surface area contributed by atoms with E-state index in [4.69, 9.17) is 0 Å². The number of anilines is 1. The van der Waals surface area contributed by atoms with E-state index in [2.05, 4.69) is 82.1 Å². The molecule has 0 spiro atoms. The molecule has 0 atom stereocenters. The Kier molecular flexibility index (Phi) is 11.1. The van der Waals surface area contributed by atoms with E-state index in [9.17, 15) is 0 Å². The van der Waals surface area contributed by atoms with Gasteiger partial charge in [0.25, 0.3) is 0 Å². The van der Waals surface area contributed by atoms with Crippen molar-refractivity contribution in [2.75, 3.05) is 18.0 Å². The maximum atomic E-state index is 2.61. The number of benzene rings is 1. The Balaban J connectivity index is 2.60. The molecule has 120 valence electrons. The first-order valence-electron chi connectivity index (χ1n) is 8.38. The summed E-state index contributed by atoms with van der Waals surface area (Å²) in [6.07, 6.45) is 10.7. The first kappa shape index (κ1) is 19.5. The van der Waals surface area contributed by atoms with Gasteiger partial charge in [0, 0.05) is 25.9 Å². The second-order valence-electron chi connectivity index (χ2n) is 5.74. The van der Waals surface area contributed by atoms with Crippen LogP contribution in [-0.4, -0.2) is 13.1 Å². The van der Waals surface area contributed by atoms with Crippen LogP contribution in [0.25, 0.3) is 0 Å². The molecule has 1 nitrogen and oxygen atoms in total. The highest BCUT2D eigenvalue weighted by Gasteiger charge is 2.08. The molecule has 0 aliphatic heterocycles. The second kappa shape index (κ2) is 12.0. The van der Waals surface area contributed by atoms with E-state index in [1.807, 2.05) is 0 Å². The lowest BCUT2D eigenvalue weighted by Crippen LogP contribution is -2.26. The number of hydrogen-bond donors (Lipinski definition) is 0. The summed E-state index contributed by atoms with van der Waals surface area (Å²) in [6.45, 7) is 6.99. The van der Waals surface area contributed by atoms with E-state index in [1.54, 1.807) is 0 Å². The molecule has 0 unspecified atom stereocenters. The number of nitrogens with zero attached hydrogens (tertiary/aromatic N) is 1. The summed E-state index contributed by atoms with van der Waals surface area (Å²) < 4.78 is 2.70. The monoisotopic (exact) mass is 513 g/mol. The molecule has 0 bridgehead atoms. The van der Waals surface area contributed by atoms with Crippen LogP contribution in [0.2, 0.25) is 0 Å². The first-order chi connectivity index (χ1) is 10.2. The zero-order chi connectivity index (χ0) is 15.5. The van der Waals surface area contributed by atoms with Gasteiger partial charge in [-0.25, -0.2) is 0 Å². The Morgan fingerprint density at radius 1 is 0.714 bits per heavy atom. The van der Waals surface area contributed by atoms with Crippen LogP contribution >= 0.6 is 45.2 Å². The average Bonchev–Trinajstić information content (AvgIpc) is 2.44. The standard InChI is InChI=1S/C18H29I2N/c1-3-5-7-9-11-21(12-10-8-6-4-2)18-14-16(19)13-17(20)15-18/h13-15H,3-12H2,1-2H3. The van der Waals surface area contributed by atoms with E-state index in [0.29, 0.717) is 0 Å². The molecule has 21 heavy (non-hydrogen) atoms. The van der Waals surface area contributed by atoms with E-state index < -0.39 is 0 Å². The van der Waals surface area contributed by atoms with Gasteiger partial charge in [-0.05, 0) is 76.2 Å². The second-order valence-corrected chi connectivity index (χ2v) is 8.23. The molecule has 0 aliphatic rings. The topological polar surface area (TPSA) is 3.24 Å².